The van der Waals surface area contributed by atoms with E-state index in [1.54, 1.807) is 6.08 Å². The van der Waals surface area contributed by atoms with E-state index in [1.165, 1.54) is 54.4 Å². The monoisotopic (exact) mass is 310 g/mol. The Kier molecular flexibility index (Phi) is 5.98. The summed E-state index contributed by atoms with van der Waals surface area (Å²) in [6.07, 6.45) is 19.6. The van der Waals surface area contributed by atoms with E-state index < -0.39 is 0 Å². The maximum Gasteiger partial charge on any atom is 0.143 e. The zero-order valence-corrected chi connectivity index (χ0v) is 15.1. The Morgan fingerprint density at radius 1 is 1.17 bits per heavy atom. The van der Waals surface area contributed by atoms with Crippen LogP contribution in [0.25, 0.3) is 0 Å². The van der Waals surface area contributed by atoms with Crippen LogP contribution in [0.4, 0.5) is 0 Å². The molecule has 23 heavy (non-hydrogen) atoms. The molecular weight excluding hydrogens is 280 g/mol. The molecule has 0 aliphatic heterocycles. The fourth-order valence-corrected chi connectivity index (χ4v) is 3.41. The van der Waals surface area contributed by atoms with Crippen LogP contribution < -0.4 is 0 Å². The average molecular weight is 310 g/mol. The molecule has 1 saturated carbocycles. The van der Waals surface area contributed by atoms with Crippen molar-refractivity contribution in [1.82, 2.24) is 0 Å². The second-order valence-corrected chi connectivity index (χ2v) is 7.61. The number of aldehydes is 1. The molecule has 1 nitrogen and oxygen atoms in total. The molecule has 124 valence electrons. The van der Waals surface area contributed by atoms with E-state index in [9.17, 15) is 4.79 Å². The van der Waals surface area contributed by atoms with Crippen LogP contribution in [-0.2, 0) is 4.79 Å². The van der Waals surface area contributed by atoms with Crippen LogP contribution in [-0.4, -0.2) is 6.29 Å². The molecule has 0 aromatic heterocycles. The molecule has 0 heterocycles. The normalized spacial score (nSPS) is 23.1. The van der Waals surface area contributed by atoms with E-state index in [0.29, 0.717) is 11.3 Å². The lowest BCUT2D eigenvalue weighted by atomic mass is 9.72. The summed E-state index contributed by atoms with van der Waals surface area (Å²) in [5, 5.41) is 0. The number of hydrogen-bond donors (Lipinski definition) is 0. The van der Waals surface area contributed by atoms with Crippen LogP contribution in [0, 0.1) is 11.3 Å². The average Bonchev–Trinajstić information content (AvgIpc) is 3.29. The molecule has 0 amide bonds. The van der Waals surface area contributed by atoms with Gasteiger partial charge < -0.3 is 0 Å². The van der Waals surface area contributed by atoms with Gasteiger partial charge in [0.15, 0.2) is 0 Å². The number of allylic oxidation sites excluding steroid dienone is 10. The summed E-state index contributed by atoms with van der Waals surface area (Å²) >= 11 is 0. The highest BCUT2D eigenvalue weighted by Gasteiger charge is 2.26. The van der Waals surface area contributed by atoms with Crippen LogP contribution in [0.2, 0.25) is 0 Å². The highest BCUT2D eigenvalue weighted by molar-refractivity contribution is 5.67. The first-order valence-electron chi connectivity index (χ1n) is 8.82. The van der Waals surface area contributed by atoms with Crippen molar-refractivity contribution in [1.29, 1.82) is 0 Å². The van der Waals surface area contributed by atoms with Crippen LogP contribution in [0.1, 0.15) is 59.8 Å². The highest BCUT2D eigenvalue weighted by Crippen LogP contribution is 2.40. The van der Waals surface area contributed by atoms with E-state index in [1.807, 2.05) is 0 Å². The first kappa shape index (κ1) is 17.7. The van der Waals surface area contributed by atoms with E-state index >= 15 is 0 Å². The third-order valence-electron chi connectivity index (χ3n) is 5.01. The van der Waals surface area contributed by atoms with Crippen molar-refractivity contribution >= 4 is 6.29 Å². The summed E-state index contributed by atoms with van der Waals surface area (Å²) in [7, 11) is 0. The Hall–Kier alpha value is -1.63. The molecule has 0 aromatic rings. The highest BCUT2D eigenvalue weighted by atomic mass is 16.1. The van der Waals surface area contributed by atoms with Crippen LogP contribution in [0.3, 0.4) is 0 Å². The van der Waals surface area contributed by atoms with Gasteiger partial charge in [-0.25, -0.2) is 0 Å². The van der Waals surface area contributed by atoms with E-state index in [4.69, 9.17) is 0 Å². The molecule has 0 aromatic carbocycles. The fraction of sp³-hybridized carbons (Fsp3) is 0.500. The van der Waals surface area contributed by atoms with Crippen molar-refractivity contribution in [3.8, 4) is 0 Å². The second kappa shape index (κ2) is 7.77. The van der Waals surface area contributed by atoms with Gasteiger partial charge in [-0.15, -0.1) is 0 Å². The number of carbonyl (C=O) groups is 1. The lowest BCUT2D eigenvalue weighted by Gasteiger charge is -2.32. The minimum Gasteiger partial charge on any atom is -0.299 e. The Morgan fingerprint density at radius 2 is 1.91 bits per heavy atom. The SMILES string of the molecule is CC1=C(/C=C/C(C)=C\C=C\C(=C\C=O)C2CC2)C(C)(C)CCC1. The van der Waals surface area contributed by atoms with Gasteiger partial charge in [0.05, 0.1) is 0 Å². The molecule has 0 atom stereocenters. The predicted molar refractivity (Wildman–Crippen MR) is 99.2 cm³/mol. The molecule has 2 aliphatic carbocycles. The molecule has 0 spiro atoms. The fourth-order valence-electron chi connectivity index (χ4n) is 3.41. The molecular formula is C22H30O. The molecule has 0 unspecified atom stereocenters. The Morgan fingerprint density at radius 3 is 2.52 bits per heavy atom. The maximum absolute atomic E-state index is 10.7. The first-order valence-corrected chi connectivity index (χ1v) is 8.82. The molecule has 2 rings (SSSR count). The van der Waals surface area contributed by atoms with Gasteiger partial charge in [-0.3, -0.25) is 4.79 Å². The summed E-state index contributed by atoms with van der Waals surface area (Å²) in [4.78, 5) is 10.7. The minimum atomic E-state index is 0.292. The number of hydrogen-bond acceptors (Lipinski definition) is 1. The van der Waals surface area contributed by atoms with Crippen molar-refractivity contribution in [3.05, 3.63) is 58.7 Å². The minimum absolute atomic E-state index is 0.292. The number of carbonyl (C=O) groups excluding carboxylic acids is 1. The molecule has 1 fully saturated rings. The maximum atomic E-state index is 10.7. The van der Waals surface area contributed by atoms with Gasteiger partial charge in [-0.1, -0.05) is 55.4 Å². The van der Waals surface area contributed by atoms with Crippen LogP contribution in [0.15, 0.2) is 58.7 Å². The molecule has 0 bridgehead atoms. The van der Waals surface area contributed by atoms with Gasteiger partial charge in [0.25, 0.3) is 0 Å². The van der Waals surface area contributed by atoms with E-state index in [-0.39, 0.29) is 0 Å². The summed E-state index contributed by atoms with van der Waals surface area (Å²) in [5.41, 5.74) is 5.73. The number of rotatable bonds is 6. The largest absolute Gasteiger partial charge is 0.299 e. The lowest BCUT2D eigenvalue weighted by Crippen LogP contribution is -2.19. The van der Waals surface area contributed by atoms with Gasteiger partial charge in [-0.2, -0.15) is 0 Å². The third-order valence-corrected chi connectivity index (χ3v) is 5.01. The van der Waals surface area contributed by atoms with Gasteiger partial charge in [0.1, 0.15) is 6.29 Å². The smallest absolute Gasteiger partial charge is 0.143 e. The van der Waals surface area contributed by atoms with Gasteiger partial charge in [-0.05, 0) is 74.5 Å². The second-order valence-electron chi connectivity index (χ2n) is 7.61. The van der Waals surface area contributed by atoms with Crippen molar-refractivity contribution in [3.63, 3.8) is 0 Å². The topological polar surface area (TPSA) is 17.1 Å². The molecule has 1 heteroatoms. The zero-order valence-electron chi connectivity index (χ0n) is 15.1. The zero-order chi connectivity index (χ0) is 16.9. The van der Waals surface area contributed by atoms with Crippen molar-refractivity contribution < 1.29 is 4.79 Å². The predicted octanol–water partition coefficient (Wildman–Crippen LogP) is 6.11. The van der Waals surface area contributed by atoms with Crippen molar-refractivity contribution in [2.24, 2.45) is 11.3 Å². The van der Waals surface area contributed by atoms with E-state index in [2.05, 4.69) is 58.1 Å². The molecule has 0 N–H and O–H groups in total. The van der Waals surface area contributed by atoms with E-state index in [0.717, 1.165) is 6.29 Å². The van der Waals surface area contributed by atoms with Crippen molar-refractivity contribution in [2.75, 3.05) is 0 Å². The molecule has 0 saturated heterocycles. The van der Waals surface area contributed by atoms with Gasteiger partial charge in [0.2, 0.25) is 0 Å². The van der Waals surface area contributed by atoms with Gasteiger partial charge >= 0.3 is 0 Å². The molecule has 0 radical (unpaired) electrons. The third kappa shape index (κ3) is 5.20. The first-order chi connectivity index (χ1) is 10.9. The van der Waals surface area contributed by atoms with Crippen molar-refractivity contribution in [2.45, 2.75) is 59.8 Å². The Balaban J connectivity index is 2.04. The Bertz CT molecular complexity index is 589. The van der Waals surface area contributed by atoms with Gasteiger partial charge in [0, 0.05) is 0 Å². The standard InChI is InChI=1S/C22H30O/c1-17(7-5-9-19(14-16-23)20-11-12-20)10-13-21-18(2)8-6-15-22(21,3)4/h5,7,9-10,13-14,16,20H,6,8,11-12,15H2,1-4H3/b9-5+,13-10+,17-7-,19-14-. The summed E-state index contributed by atoms with van der Waals surface area (Å²) in [6.45, 7) is 9.10. The Labute approximate surface area is 141 Å². The quantitative estimate of drug-likeness (QED) is 0.329. The summed E-state index contributed by atoms with van der Waals surface area (Å²) in [5.74, 6) is 0.608. The van der Waals surface area contributed by atoms with Crippen LogP contribution in [0.5, 0.6) is 0 Å². The summed E-state index contributed by atoms with van der Waals surface area (Å²) < 4.78 is 0. The van der Waals surface area contributed by atoms with Crippen LogP contribution >= 0.6 is 0 Å². The summed E-state index contributed by atoms with van der Waals surface area (Å²) in [6, 6.07) is 0. The lowest BCUT2D eigenvalue weighted by molar-refractivity contribution is -0.104. The molecule has 2 aliphatic rings.